The number of likely N-dealkylation sites (tertiary alicyclic amines) is 1. The Hall–Kier alpha value is -2.30. The van der Waals surface area contributed by atoms with Crippen LogP contribution >= 0.6 is 0 Å². The second kappa shape index (κ2) is 6.86. The van der Waals surface area contributed by atoms with Gasteiger partial charge in [-0.05, 0) is 55.9 Å². The second-order valence-corrected chi connectivity index (χ2v) is 5.98. The minimum Gasteiger partial charge on any atom is -0.434 e. The van der Waals surface area contributed by atoms with Gasteiger partial charge < -0.3 is 14.4 Å². The molecule has 122 valence electrons. The van der Waals surface area contributed by atoms with Crippen molar-refractivity contribution >= 4 is 12.1 Å². The van der Waals surface area contributed by atoms with Gasteiger partial charge >= 0.3 is 6.16 Å². The topological polar surface area (TPSA) is 55.8 Å². The molecule has 0 bridgehead atoms. The molecule has 2 atom stereocenters. The summed E-state index contributed by atoms with van der Waals surface area (Å²) in [4.78, 5) is 25.8. The van der Waals surface area contributed by atoms with Crippen LogP contribution in [0.5, 0.6) is 5.75 Å². The Kier molecular flexibility index (Phi) is 4.65. The average molecular weight is 315 g/mol. The van der Waals surface area contributed by atoms with Gasteiger partial charge in [-0.25, -0.2) is 4.79 Å². The zero-order valence-electron chi connectivity index (χ0n) is 13.2. The fourth-order valence-corrected chi connectivity index (χ4v) is 3.27. The van der Waals surface area contributed by atoms with Gasteiger partial charge in [-0.3, -0.25) is 4.79 Å². The van der Waals surface area contributed by atoms with E-state index in [-0.39, 0.29) is 12.5 Å². The zero-order valence-corrected chi connectivity index (χ0v) is 13.2. The standard InChI is InChI=1S/C18H21NO4/c1-2-22-18(21)23-16-9-7-13(8-10-16)17(20)19-11-14-5-3-4-6-15(14)12-19/h3-4,7-10,14-15H,2,5-6,11-12H2,1H3. The van der Waals surface area contributed by atoms with Crippen LogP contribution in [0.15, 0.2) is 36.4 Å². The first-order valence-corrected chi connectivity index (χ1v) is 8.06. The molecule has 1 aliphatic carbocycles. The average Bonchev–Trinajstić information content (AvgIpc) is 2.99. The maximum Gasteiger partial charge on any atom is 0.513 e. The van der Waals surface area contributed by atoms with E-state index in [1.807, 2.05) is 4.90 Å². The van der Waals surface area contributed by atoms with Crippen molar-refractivity contribution in [2.24, 2.45) is 11.8 Å². The van der Waals surface area contributed by atoms with Gasteiger partial charge in [0.2, 0.25) is 0 Å². The number of carbonyl (C=O) groups excluding carboxylic acids is 2. The van der Waals surface area contributed by atoms with Crippen molar-refractivity contribution in [3.63, 3.8) is 0 Å². The Balaban J connectivity index is 1.61. The van der Waals surface area contributed by atoms with E-state index >= 15 is 0 Å². The van der Waals surface area contributed by atoms with Gasteiger partial charge in [-0.2, -0.15) is 0 Å². The normalized spacial score (nSPS) is 22.6. The third kappa shape index (κ3) is 3.55. The molecule has 1 aromatic carbocycles. The molecule has 5 nitrogen and oxygen atoms in total. The summed E-state index contributed by atoms with van der Waals surface area (Å²) in [5, 5.41) is 0. The van der Waals surface area contributed by atoms with Crippen molar-refractivity contribution in [1.29, 1.82) is 0 Å². The molecule has 2 aliphatic rings. The molecule has 3 rings (SSSR count). The summed E-state index contributed by atoms with van der Waals surface area (Å²) >= 11 is 0. The Morgan fingerprint density at radius 3 is 2.26 bits per heavy atom. The second-order valence-electron chi connectivity index (χ2n) is 5.98. The third-order valence-electron chi connectivity index (χ3n) is 4.47. The fourth-order valence-electron chi connectivity index (χ4n) is 3.27. The zero-order chi connectivity index (χ0) is 16.2. The third-order valence-corrected chi connectivity index (χ3v) is 4.47. The molecule has 0 spiro atoms. The van der Waals surface area contributed by atoms with E-state index in [9.17, 15) is 9.59 Å². The van der Waals surface area contributed by atoms with Gasteiger partial charge in [0.1, 0.15) is 5.75 Å². The summed E-state index contributed by atoms with van der Waals surface area (Å²) in [6, 6.07) is 6.62. The maximum absolute atomic E-state index is 12.6. The minimum absolute atomic E-state index is 0.0436. The van der Waals surface area contributed by atoms with Gasteiger partial charge in [0.05, 0.1) is 6.61 Å². The predicted octanol–water partition coefficient (Wildman–Crippen LogP) is 3.26. The van der Waals surface area contributed by atoms with Crippen LogP contribution in [0.25, 0.3) is 0 Å². The first-order valence-electron chi connectivity index (χ1n) is 8.06. The molecule has 1 heterocycles. The molecular formula is C18H21NO4. The summed E-state index contributed by atoms with van der Waals surface area (Å²) in [5.74, 6) is 1.60. The summed E-state index contributed by atoms with van der Waals surface area (Å²) in [5.41, 5.74) is 0.618. The van der Waals surface area contributed by atoms with Crippen LogP contribution in [0, 0.1) is 11.8 Å². The van der Waals surface area contributed by atoms with Crippen LogP contribution < -0.4 is 4.74 Å². The van der Waals surface area contributed by atoms with Crippen molar-refractivity contribution in [3.05, 3.63) is 42.0 Å². The summed E-state index contributed by atoms with van der Waals surface area (Å²) in [6.45, 7) is 3.64. The highest BCUT2D eigenvalue weighted by Gasteiger charge is 2.35. The highest BCUT2D eigenvalue weighted by molar-refractivity contribution is 5.94. The van der Waals surface area contributed by atoms with Crippen molar-refractivity contribution < 1.29 is 19.1 Å². The molecule has 0 saturated carbocycles. The number of fused-ring (bicyclic) bond motifs is 1. The Morgan fingerprint density at radius 2 is 1.70 bits per heavy atom. The molecule has 23 heavy (non-hydrogen) atoms. The molecule has 1 amide bonds. The van der Waals surface area contributed by atoms with E-state index in [1.165, 1.54) is 0 Å². The van der Waals surface area contributed by atoms with Crippen LogP contribution in [0.4, 0.5) is 4.79 Å². The monoisotopic (exact) mass is 315 g/mol. The number of ether oxygens (including phenoxy) is 2. The maximum atomic E-state index is 12.6. The highest BCUT2D eigenvalue weighted by Crippen LogP contribution is 2.33. The molecule has 1 aromatic rings. The van der Waals surface area contributed by atoms with E-state index in [4.69, 9.17) is 9.47 Å². The van der Waals surface area contributed by atoms with Crippen LogP contribution in [-0.4, -0.2) is 36.7 Å². The van der Waals surface area contributed by atoms with Crippen molar-refractivity contribution in [2.75, 3.05) is 19.7 Å². The van der Waals surface area contributed by atoms with Gasteiger partial charge in [0.25, 0.3) is 5.91 Å². The summed E-state index contributed by atoms with van der Waals surface area (Å²) in [7, 11) is 0. The first kappa shape index (κ1) is 15.6. The molecule has 2 unspecified atom stereocenters. The summed E-state index contributed by atoms with van der Waals surface area (Å²) in [6.07, 6.45) is 5.84. The molecule has 0 aromatic heterocycles. The largest absolute Gasteiger partial charge is 0.513 e. The number of hydrogen-bond donors (Lipinski definition) is 0. The van der Waals surface area contributed by atoms with Crippen molar-refractivity contribution in [1.82, 2.24) is 4.90 Å². The van der Waals surface area contributed by atoms with Gasteiger partial charge in [-0.15, -0.1) is 0 Å². The molecule has 0 N–H and O–H groups in total. The molecule has 1 saturated heterocycles. The number of amides is 1. The quantitative estimate of drug-likeness (QED) is 0.488. The lowest BCUT2D eigenvalue weighted by Crippen LogP contribution is -2.28. The van der Waals surface area contributed by atoms with Gasteiger partial charge in [-0.1, -0.05) is 12.2 Å². The Bertz CT molecular complexity index is 592. The molecule has 1 fully saturated rings. The van der Waals surface area contributed by atoms with E-state index < -0.39 is 6.16 Å². The van der Waals surface area contributed by atoms with Crippen molar-refractivity contribution in [3.8, 4) is 5.75 Å². The number of rotatable bonds is 3. The number of nitrogens with zero attached hydrogens (tertiary/aromatic N) is 1. The van der Waals surface area contributed by atoms with E-state index in [0.717, 1.165) is 25.9 Å². The minimum atomic E-state index is -0.734. The number of hydrogen-bond acceptors (Lipinski definition) is 4. The van der Waals surface area contributed by atoms with Crippen molar-refractivity contribution in [2.45, 2.75) is 19.8 Å². The lowest BCUT2D eigenvalue weighted by Gasteiger charge is -2.17. The van der Waals surface area contributed by atoms with E-state index in [2.05, 4.69) is 12.2 Å². The highest BCUT2D eigenvalue weighted by atomic mass is 16.7. The number of allylic oxidation sites excluding steroid dienone is 2. The number of benzene rings is 1. The predicted molar refractivity (Wildman–Crippen MR) is 85.3 cm³/mol. The summed E-state index contributed by atoms with van der Waals surface area (Å²) < 4.78 is 9.71. The molecule has 5 heteroatoms. The molecule has 0 radical (unpaired) electrons. The van der Waals surface area contributed by atoms with Crippen LogP contribution in [0.1, 0.15) is 30.1 Å². The fraction of sp³-hybridized carbons (Fsp3) is 0.444. The van der Waals surface area contributed by atoms with Gasteiger partial charge in [0.15, 0.2) is 0 Å². The Morgan fingerprint density at radius 1 is 1.09 bits per heavy atom. The van der Waals surface area contributed by atoms with Crippen LogP contribution in [0.2, 0.25) is 0 Å². The van der Waals surface area contributed by atoms with Crippen LogP contribution in [0.3, 0.4) is 0 Å². The lowest BCUT2D eigenvalue weighted by molar-refractivity contribution is 0.0784. The number of carbonyl (C=O) groups is 2. The van der Waals surface area contributed by atoms with E-state index in [1.54, 1.807) is 31.2 Å². The SMILES string of the molecule is CCOC(=O)Oc1ccc(C(=O)N2CC3CC=CCC3C2)cc1. The van der Waals surface area contributed by atoms with Gasteiger partial charge in [0, 0.05) is 18.7 Å². The van der Waals surface area contributed by atoms with Crippen LogP contribution in [-0.2, 0) is 4.74 Å². The lowest BCUT2D eigenvalue weighted by atomic mass is 9.86. The first-order chi connectivity index (χ1) is 11.2. The Labute approximate surface area is 135 Å². The molecular weight excluding hydrogens is 294 g/mol. The van der Waals surface area contributed by atoms with E-state index in [0.29, 0.717) is 23.1 Å². The molecule has 1 aliphatic heterocycles. The smallest absolute Gasteiger partial charge is 0.434 e.